The molecule has 39 heavy (non-hydrogen) atoms. The minimum atomic E-state index is -0.541. The zero-order valence-corrected chi connectivity index (χ0v) is 21.4. The van der Waals surface area contributed by atoms with E-state index in [2.05, 4.69) is 32.6 Å². The maximum absolute atomic E-state index is 13.5. The standard InChI is InChI=1S/C27H26N8O4/c1-3-4-9-25-30-34(23-15-14-20(39-2)16-24(23)35(37)38)27(36)33(25)17-18-10-12-19(13-11-18)21-7-5-6-8-22(21)26-28-31-32-29-26/h5-8,10-16H,3-4,9,17H2,1-2H3,(H,28,29,31,32). The highest BCUT2D eigenvalue weighted by Crippen LogP contribution is 2.30. The number of nitro benzene ring substituents is 1. The molecule has 0 amide bonds. The van der Waals surface area contributed by atoms with Crippen molar-refractivity contribution in [1.82, 2.24) is 35.0 Å². The highest BCUT2D eigenvalue weighted by molar-refractivity contribution is 5.80. The van der Waals surface area contributed by atoms with Gasteiger partial charge in [0.2, 0.25) is 5.82 Å². The van der Waals surface area contributed by atoms with Crippen LogP contribution in [0.25, 0.3) is 28.2 Å². The van der Waals surface area contributed by atoms with Crippen LogP contribution < -0.4 is 10.4 Å². The van der Waals surface area contributed by atoms with Crippen LogP contribution >= 0.6 is 0 Å². The lowest BCUT2D eigenvalue weighted by Crippen LogP contribution is -2.25. The van der Waals surface area contributed by atoms with Crippen molar-refractivity contribution in [3.8, 4) is 34.0 Å². The molecule has 0 aliphatic heterocycles. The van der Waals surface area contributed by atoms with Crippen LogP contribution in [0, 0.1) is 10.1 Å². The average Bonchev–Trinajstić information content (AvgIpc) is 3.61. The topological polar surface area (TPSA) is 147 Å². The van der Waals surface area contributed by atoms with Crippen LogP contribution in [0.1, 0.15) is 31.2 Å². The Morgan fingerprint density at radius 3 is 2.49 bits per heavy atom. The zero-order chi connectivity index (χ0) is 27.4. The second-order valence-corrected chi connectivity index (χ2v) is 8.89. The van der Waals surface area contributed by atoms with Gasteiger partial charge in [0.05, 0.1) is 24.6 Å². The van der Waals surface area contributed by atoms with E-state index in [9.17, 15) is 14.9 Å². The molecule has 0 aliphatic carbocycles. The molecule has 1 N–H and O–H groups in total. The van der Waals surface area contributed by atoms with Crippen molar-refractivity contribution in [3.05, 3.63) is 98.7 Å². The Bertz CT molecular complexity index is 1660. The van der Waals surface area contributed by atoms with E-state index >= 15 is 0 Å². The van der Waals surface area contributed by atoms with Gasteiger partial charge in [0, 0.05) is 12.0 Å². The lowest BCUT2D eigenvalue weighted by Gasteiger charge is -2.09. The third kappa shape index (κ3) is 5.17. The van der Waals surface area contributed by atoms with E-state index in [0.717, 1.165) is 39.8 Å². The molecule has 198 valence electrons. The number of hydrogen-bond donors (Lipinski definition) is 1. The fourth-order valence-corrected chi connectivity index (χ4v) is 4.41. The van der Waals surface area contributed by atoms with Crippen LogP contribution in [0.15, 0.2) is 71.5 Å². The van der Waals surface area contributed by atoms with Gasteiger partial charge in [0.25, 0.3) is 5.69 Å². The smallest absolute Gasteiger partial charge is 0.351 e. The van der Waals surface area contributed by atoms with Crippen molar-refractivity contribution in [1.29, 1.82) is 0 Å². The first kappa shape index (κ1) is 25.5. The van der Waals surface area contributed by atoms with E-state index in [0.29, 0.717) is 23.8 Å². The van der Waals surface area contributed by atoms with Gasteiger partial charge in [0.15, 0.2) is 0 Å². The van der Waals surface area contributed by atoms with Crippen LogP contribution in [0.3, 0.4) is 0 Å². The molecule has 0 atom stereocenters. The number of benzene rings is 3. The molecule has 0 spiro atoms. The Kier molecular flexibility index (Phi) is 7.26. The SMILES string of the molecule is CCCCc1nn(-c2ccc(OC)cc2[N+](=O)[O-])c(=O)n1Cc1ccc(-c2ccccc2-c2nn[nH]n2)cc1. The summed E-state index contributed by atoms with van der Waals surface area (Å²) in [6.07, 6.45) is 2.31. The Labute approximate surface area is 223 Å². The molecule has 12 nitrogen and oxygen atoms in total. The van der Waals surface area contributed by atoms with Crippen LogP contribution in [0.5, 0.6) is 5.75 Å². The van der Waals surface area contributed by atoms with Crippen LogP contribution in [0.2, 0.25) is 0 Å². The van der Waals surface area contributed by atoms with Crippen LogP contribution in [0.4, 0.5) is 5.69 Å². The third-order valence-electron chi connectivity index (χ3n) is 6.42. The summed E-state index contributed by atoms with van der Waals surface area (Å²) in [4.78, 5) is 24.8. The summed E-state index contributed by atoms with van der Waals surface area (Å²) >= 11 is 0. The number of ether oxygens (including phenoxy) is 1. The number of H-pyrrole nitrogens is 1. The molecule has 0 aliphatic rings. The lowest BCUT2D eigenvalue weighted by molar-refractivity contribution is -0.384. The Morgan fingerprint density at radius 1 is 1.05 bits per heavy atom. The number of aryl methyl sites for hydroxylation is 1. The summed E-state index contributed by atoms with van der Waals surface area (Å²) in [7, 11) is 1.43. The summed E-state index contributed by atoms with van der Waals surface area (Å²) < 4.78 is 7.81. The number of hydrogen-bond acceptors (Lipinski definition) is 8. The van der Waals surface area contributed by atoms with E-state index in [1.807, 2.05) is 48.5 Å². The Balaban J connectivity index is 1.50. The first-order chi connectivity index (χ1) is 19.0. The molecule has 0 fully saturated rings. The van der Waals surface area contributed by atoms with Gasteiger partial charge in [-0.2, -0.15) is 9.90 Å². The number of nitrogens with zero attached hydrogens (tertiary/aromatic N) is 7. The molecule has 5 rings (SSSR count). The molecule has 0 bridgehead atoms. The molecular weight excluding hydrogens is 500 g/mol. The van der Waals surface area contributed by atoms with Crippen molar-refractivity contribution in [2.75, 3.05) is 7.11 Å². The molecule has 0 radical (unpaired) electrons. The van der Waals surface area contributed by atoms with Gasteiger partial charge in [-0.25, -0.2) is 4.79 Å². The van der Waals surface area contributed by atoms with Crippen molar-refractivity contribution in [2.45, 2.75) is 32.7 Å². The largest absolute Gasteiger partial charge is 0.496 e. The van der Waals surface area contributed by atoms with Crippen LogP contribution in [-0.4, -0.2) is 47.0 Å². The maximum Gasteiger partial charge on any atom is 0.351 e. The average molecular weight is 527 g/mol. The Morgan fingerprint density at radius 2 is 1.82 bits per heavy atom. The summed E-state index contributed by atoms with van der Waals surface area (Å²) in [6.45, 7) is 2.33. The van der Waals surface area contributed by atoms with E-state index < -0.39 is 10.6 Å². The van der Waals surface area contributed by atoms with Gasteiger partial charge < -0.3 is 4.74 Å². The summed E-state index contributed by atoms with van der Waals surface area (Å²) in [5.41, 5.74) is 3.04. The predicted molar refractivity (Wildman–Crippen MR) is 144 cm³/mol. The molecule has 3 aromatic carbocycles. The maximum atomic E-state index is 13.5. The molecule has 0 unspecified atom stereocenters. The van der Waals surface area contributed by atoms with Gasteiger partial charge in [0.1, 0.15) is 17.3 Å². The van der Waals surface area contributed by atoms with Gasteiger partial charge in [-0.15, -0.1) is 15.3 Å². The van der Waals surface area contributed by atoms with Crippen molar-refractivity contribution in [2.24, 2.45) is 0 Å². The van der Waals surface area contributed by atoms with E-state index in [1.165, 1.54) is 19.2 Å². The lowest BCUT2D eigenvalue weighted by atomic mass is 9.98. The van der Waals surface area contributed by atoms with Gasteiger partial charge in [-0.3, -0.25) is 14.7 Å². The first-order valence-corrected chi connectivity index (χ1v) is 12.4. The fraction of sp³-hybridized carbons (Fsp3) is 0.222. The molecule has 0 saturated carbocycles. The molecule has 0 saturated heterocycles. The molecule has 5 aromatic rings. The monoisotopic (exact) mass is 526 g/mol. The molecule has 12 heteroatoms. The zero-order valence-electron chi connectivity index (χ0n) is 21.4. The number of aromatic nitrogens is 7. The second kappa shape index (κ2) is 11.1. The number of unbranched alkanes of at least 4 members (excludes halogenated alkanes) is 1. The minimum Gasteiger partial charge on any atom is -0.496 e. The van der Waals surface area contributed by atoms with Crippen molar-refractivity contribution >= 4 is 5.69 Å². The highest BCUT2D eigenvalue weighted by Gasteiger charge is 2.23. The predicted octanol–water partition coefficient (Wildman–Crippen LogP) is 4.19. The normalized spacial score (nSPS) is 11.0. The van der Waals surface area contributed by atoms with Crippen molar-refractivity contribution < 1.29 is 9.66 Å². The second-order valence-electron chi connectivity index (χ2n) is 8.89. The summed E-state index contributed by atoms with van der Waals surface area (Å²) in [5.74, 6) is 1.39. The third-order valence-corrected chi connectivity index (χ3v) is 6.42. The number of tetrazole rings is 1. The first-order valence-electron chi connectivity index (χ1n) is 12.4. The summed E-state index contributed by atoms with van der Waals surface area (Å²) in [6, 6.07) is 20.0. The van der Waals surface area contributed by atoms with Crippen LogP contribution in [-0.2, 0) is 13.0 Å². The van der Waals surface area contributed by atoms with Gasteiger partial charge >= 0.3 is 5.69 Å². The van der Waals surface area contributed by atoms with E-state index in [1.54, 1.807) is 10.6 Å². The number of nitro groups is 1. The fourth-order valence-electron chi connectivity index (χ4n) is 4.41. The number of nitrogens with one attached hydrogen (secondary N) is 1. The Hall–Kier alpha value is -5.13. The minimum absolute atomic E-state index is 0.0933. The van der Waals surface area contributed by atoms with Gasteiger partial charge in [-0.05, 0) is 40.5 Å². The quantitative estimate of drug-likeness (QED) is 0.210. The number of aromatic amines is 1. The van der Waals surface area contributed by atoms with E-state index in [4.69, 9.17) is 4.74 Å². The number of rotatable bonds is 10. The van der Waals surface area contributed by atoms with E-state index in [-0.39, 0.29) is 17.9 Å². The molecule has 2 heterocycles. The van der Waals surface area contributed by atoms with Gasteiger partial charge in [-0.1, -0.05) is 61.9 Å². The number of methoxy groups -OCH3 is 1. The summed E-state index contributed by atoms with van der Waals surface area (Å²) in [5, 5.41) is 30.6. The van der Waals surface area contributed by atoms with Crippen molar-refractivity contribution in [3.63, 3.8) is 0 Å². The molecule has 2 aromatic heterocycles. The molecular formula is C27H26N8O4. The highest BCUT2D eigenvalue weighted by atomic mass is 16.6.